The molecule has 82 valence electrons. The van der Waals surface area contributed by atoms with Gasteiger partial charge >= 0.3 is 0 Å². The molecule has 0 spiro atoms. The molecule has 2 aromatic rings. The average Bonchev–Trinajstić information content (AvgIpc) is 3.01. The van der Waals surface area contributed by atoms with Crippen LogP contribution >= 0.6 is 11.6 Å². The van der Waals surface area contributed by atoms with Gasteiger partial charge in [0.15, 0.2) is 5.82 Å². The normalized spacial score (nSPS) is 15.4. The van der Waals surface area contributed by atoms with E-state index in [1.54, 1.807) is 18.5 Å². The molecule has 1 aromatic heterocycles. The van der Waals surface area contributed by atoms with Gasteiger partial charge in [0.25, 0.3) is 0 Å². The Morgan fingerprint density at radius 3 is 2.94 bits per heavy atom. The topological polar surface area (TPSA) is 30.7 Å². The van der Waals surface area contributed by atoms with Crippen molar-refractivity contribution in [3.63, 3.8) is 0 Å². The fraction of sp³-hybridized carbons (Fsp3) is 0.273. The van der Waals surface area contributed by atoms with E-state index >= 15 is 0 Å². The van der Waals surface area contributed by atoms with Crippen molar-refractivity contribution in [2.45, 2.75) is 18.9 Å². The SMILES string of the molecule is Fc1cccc(-c2nncn2C2CC2)c1Cl. The Labute approximate surface area is 96.9 Å². The van der Waals surface area contributed by atoms with E-state index in [2.05, 4.69) is 10.2 Å². The molecule has 0 bridgehead atoms. The number of hydrogen-bond donors (Lipinski definition) is 0. The molecular formula is C11H9ClFN3. The van der Waals surface area contributed by atoms with Crippen LogP contribution < -0.4 is 0 Å². The monoisotopic (exact) mass is 237 g/mol. The van der Waals surface area contributed by atoms with Crippen molar-refractivity contribution in [2.75, 3.05) is 0 Å². The molecule has 16 heavy (non-hydrogen) atoms. The van der Waals surface area contributed by atoms with E-state index in [0.29, 0.717) is 17.4 Å². The molecule has 0 saturated heterocycles. The van der Waals surface area contributed by atoms with Gasteiger partial charge < -0.3 is 4.57 Å². The van der Waals surface area contributed by atoms with Gasteiger partial charge in [-0.2, -0.15) is 0 Å². The van der Waals surface area contributed by atoms with Gasteiger partial charge in [0, 0.05) is 11.6 Å². The van der Waals surface area contributed by atoms with Gasteiger partial charge in [-0.15, -0.1) is 10.2 Å². The standard InChI is InChI=1S/C11H9ClFN3/c12-10-8(2-1-3-9(10)13)11-15-14-6-16(11)7-4-5-7/h1-3,6-7H,4-5H2. The smallest absolute Gasteiger partial charge is 0.165 e. The quantitative estimate of drug-likeness (QED) is 0.804. The van der Waals surface area contributed by atoms with Crippen molar-refractivity contribution in [1.82, 2.24) is 14.8 Å². The summed E-state index contributed by atoms with van der Waals surface area (Å²) in [4.78, 5) is 0. The van der Waals surface area contributed by atoms with E-state index in [0.717, 1.165) is 12.8 Å². The Kier molecular flexibility index (Phi) is 2.17. The van der Waals surface area contributed by atoms with Crippen molar-refractivity contribution < 1.29 is 4.39 Å². The minimum atomic E-state index is -0.426. The minimum absolute atomic E-state index is 0.109. The molecule has 1 aliphatic carbocycles. The molecule has 1 aliphatic rings. The fourth-order valence-electron chi connectivity index (χ4n) is 1.73. The molecule has 0 atom stereocenters. The summed E-state index contributed by atoms with van der Waals surface area (Å²) in [5, 5.41) is 7.98. The maximum atomic E-state index is 13.3. The van der Waals surface area contributed by atoms with Crippen LogP contribution in [0, 0.1) is 5.82 Å². The van der Waals surface area contributed by atoms with E-state index in [4.69, 9.17) is 11.6 Å². The summed E-state index contributed by atoms with van der Waals surface area (Å²) >= 11 is 5.93. The Morgan fingerprint density at radius 1 is 1.38 bits per heavy atom. The first kappa shape index (κ1) is 9.78. The molecule has 5 heteroatoms. The van der Waals surface area contributed by atoms with Crippen molar-refractivity contribution in [1.29, 1.82) is 0 Å². The predicted molar refractivity (Wildman–Crippen MR) is 58.7 cm³/mol. The molecular weight excluding hydrogens is 229 g/mol. The molecule has 1 saturated carbocycles. The molecule has 3 nitrogen and oxygen atoms in total. The second-order valence-electron chi connectivity index (χ2n) is 3.89. The van der Waals surface area contributed by atoms with Crippen LogP contribution in [0.4, 0.5) is 4.39 Å². The largest absolute Gasteiger partial charge is 0.310 e. The van der Waals surface area contributed by atoms with Gasteiger partial charge in [0.2, 0.25) is 0 Å². The first-order valence-corrected chi connectivity index (χ1v) is 5.49. The van der Waals surface area contributed by atoms with E-state index < -0.39 is 5.82 Å². The lowest BCUT2D eigenvalue weighted by Crippen LogP contribution is -1.97. The maximum absolute atomic E-state index is 13.3. The summed E-state index contributed by atoms with van der Waals surface area (Å²) in [6.07, 6.45) is 3.92. The number of hydrogen-bond acceptors (Lipinski definition) is 2. The van der Waals surface area contributed by atoms with Gasteiger partial charge in [-0.05, 0) is 25.0 Å². The number of halogens is 2. The summed E-state index contributed by atoms with van der Waals surface area (Å²) < 4.78 is 15.3. The number of benzene rings is 1. The van der Waals surface area contributed by atoms with E-state index in [1.165, 1.54) is 6.07 Å². The maximum Gasteiger partial charge on any atom is 0.165 e. The number of nitrogens with zero attached hydrogens (tertiary/aromatic N) is 3. The third-order valence-corrected chi connectivity index (χ3v) is 3.09. The zero-order chi connectivity index (χ0) is 11.1. The first-order chi connectivity index (χ1) is 7.77. The van der Waals surface area contributed by atoms with Crippen LogP contribution in [0.5, 0.6) is 0 Å². The van der Waals surface area contributed by atoms with Gasteiger partial charge in [0.1, 0.15) is 12.1 Å². The second-order valence-corrected chi connectivity index (χ2v) is 4.27. The second kappa shape index (κ2) is 3.56. The van der Waals surface area contributed by atoms with Gasteiger partial charge in [-0.3, -0.25) is 0 Å². The molecule has 1 fully saturated rings. The molecule has 0 amide bonds. The zero-order valence-electron chi connectivity index (χ0n) is 8.40. The fourth-order valence-corrected chi connectivity index (χ4v) is 1.94. The Bertz CT molecular complexity index is 534. The summed E-state index contributed by atoms with van der Waals surface area (Å²) in [6, 6.07) is 5.17. The molecule has 0 aliphatic heterocycles. The number of aromatic nitrogens is 3. The van der Waals surface area contributed by atoms with Crippen molar-refractivity contribution in [2.24, 2.45) is 0 Å². The lowest BCUT2D eigenvalue weighted by Gasteiger charge is -2.06. The highest BCUT2D eigenvalue weighted by atomic mass is 35.5. The third-order valence-electron chi connectivity index (χ3n) is 2.71. The van der Waals surface area contributed by atoms with Crippen molar-refractivity contribution >= 4 is 11.6 Å². The average molecular weight is 238 g/mol. The van der Waals surface area contributed by atoms with E-state index in [-0.39, 0.29) is 5.02 Å². The molecule has 0 N–H and O–H groups in total. The van der Waals surface area contributed by atoms with Crippen LogP contribution in [0.1, 0.15) is 18.9 Å². The molecule has 0 radical (unpaired) electrons. The summed E-state index contributed by atoms with van der Waals surface area (Å²) in [6.45, 7) is 0. The lowest BCUT2D eigenvalue weighted by molar-refractivity contribution is 0.628. The van der Waals surface area contributed by atoms with Crippen LogP contribution in [-0.4, -0.2) is 14.8 Å². The molecule has 0 unspecified atom stereocenters. The predicted octanol–water partition coefficient (Wildman–Crippen LogP) is 3.07. The van der Waals surface area contributed by atoms with Crippen LogP contribution in [0.2, 0.25) is 5.02 Å². The van der Waals surface area contributed by atoms with Crippen LogP contribution in [-0.2, 0) is 0 Å². The van der Waals surface area contributed by atoms with E-state index in [9.17, 15) is 4.39 Å². The summed E-state index contributed by atoms with van der Waals surface area (Å²) in [7, 11) is 0. The summed E-state index contributed by atoms with van der Waals surface area (Å²) in [5.74, 6) is 0.219. The van der Waals surface area contributed by atoms with Gasteiger partial charge in [-0.25, -0.2) is 4.39 Å². The molecule has 1 aromatic carbocycles. The van der Waals surface area contributed by atoms with E-state index in [1.807, 2.05) is 4.57 Å². The first-order valence-electron chi connectivity index (χ1n) is 5.11. The highest BCUT2D eigenvalue weighted by Gasteiger charge is 2.27. The van der Waals surface area contributed by atoms with Crippen LogP contribution in [0.3, 0.4) is 0 Å². The zero-order valence-corrected chi connectivity index (χ0v) is 9.15. The number of rotatable bonds is 2. The van der Waals surface area contributed by atoms with Gasteiger partial charge in [-0.1, -0.05) is 17.7 Å². The highest BCUT2D eigenvalue weighted by molar-refractivity contribution is 6.33. The third kappa shape index (κ3) is 1.50. The molecule has 3 rings (SSSR count). The lowest BCUT2D eigenvalue weighted by atomic mass is 10.2. The summed E-state index contributed by atoms with van der Waals surface area (Å²) in [5.41, 5.74) is 0.603. The van der Waals surface area contributed by atoms with Gasteiger partial charge in [0.05, 0.1) is 5.02 Å². The van der Waals surface area contributed by atoms with Crippen molar-refractivity contribution in [3.8, 4) is 11.4 Å². The Morgan fingerprint density at radius 2 is 2.19 bits per heavy atom. The highest BCUT2D eigenvalue weighted by Crippen LogP contribution is 2.39. The van der Waals surface area contributed by atoms with Crippen LogP contribution in [0.15, 0.2) is 24.5 Å². The Hall–Kier alpha value is -1.42. The molecule has 1 heterocycles. The van der Waals surface area contributed by atoms with Crippen molar-refractivity contribution in [3.05, 3.63) is 35.4 Å². The Balaban J connectivity index is 2.14. The van der Waals surface area contributed by atoms with Crippen LogP contribution in [0.25, 0.3) is 11.4 Å². The minimum Gasteiger partial charge on any atom is -0.310 e.